The van der Waals surface area contributed by atoms with Crippen LogP contribution in [0.15, 0.2) is 16.7 Å². The molecule has 0 saturated heterocycles. The Kier molecular flexibility index (Phi) is 5.98. The Morgan fingerprint density at radius 1 is 1.48 bits per heavy atom. The third-order valence-electron chi connectivity index (χ3n) is 3.58. The van der Waals surface area contributed by atoms with E-state index in [1.807, 2.05) is 13.8 Å². The summed E-state index contributed by atoms with van der Waals surface area (Å²) in [6, 6.07) is 0.874. The van der Waals surface area contributed by atoms with Crippen LogP contribution in [0.1, 0.15) is 43.6 Å². The second-order valence-electron chi connectivity index (χ2n) is 6.31. The van der Waals surface area contributed by atoms with Gasteiger partial charge in [-0.1, -0.05) is 13.8 Å². The maximum Gasteiger partial charge on any atom is 0.270 e. The van der Waals surface area contributed by atoms with Crippen molar-refractivity contribution in [3.8, 4) is 5.75 Å². The van der Waals surface area contributed by atoms with Crippen LogP contribution in [-0.2, 0) is 4.79 Å². The lowest BCUT2D eigenvalue weighted by atomic mass is 10.0. The molecule has 1 aliphatic carbocycles. The van der Waals surface area contributed by atoms with E-state index in [-0.39, 0.29) is 11.6 Å². The van der Waals surface area contributed by atoms with Crippen LogP contribution in [0.3, 0.4) is 0 Å². The summed E-state index contributed by atoms with van der Waals surface area (Å²) < 4.78 is 6.41. The van der Waals surface area contributed by atoms with E-state index in [0.29, 0.717) is 29.2 Å². The van der Waals surface area contributed by atoms with Gasteiger partial charge < -0.3 is 15.8 Å². The molecule has 7 heteroatoms. The molecule has 0 spiro atoms. The Hall–Kier alpha value is -1.63. The highest BCUT2D eigenvalue weighted by Crippen LogP contribution is 2.31. The van der Waals surface area contributed by atoms with Gasteiger partial charge in [0.2, 0.25) is 5.91 Å². The number of hydrogen-bond donors (Lipinski definition) is 2. The molecule has 1 aromatic rings. The first-order valence-electron chi connectivity index (χ1n) is 7.75. The summed E-state index contributed by atoms with van der Waals surface area (Å²) in [7, 11) is 0. The topological polar surface area (TPSA) is 94.3 Å². The molecule has 0 bridgehead atoms. The van der Waals surface area contributed by atoms with Crippen molar-refractivity contribution in [3.63, 3.8) is 0 Å². The maximum atomic E-state index is 12.3. The second kappa shape index (κ2) is 7.77. The summed E-state index contributed by atoms with van der Waals surface area (Å²) in [4.78, 5) is 27.8. The lowest BCUT2D eigenvalue weighted by Crippen LogP contribution is -2.45. The number of hydrogen-bond acceptors (Lipinski definition) is 4. The number of pyridine rings is 1. The molecule has 126 valence electrons. The number of nitrogens with two attached hydrogens (primary N) is 1. The van der Waals surface area contributed by atoms with Crippen molar-refractivity contribution in [2.45, 2.75) is 39.2 Å². The second-order valence-corrected chi connectivity index (χ2v) is 7.17. The van der Waals surface area contributed by atoms with Crippen molar-refractivity contribution in [2.75, 3.05) is 6.61 Å². The number of primary amides is 1. The molecular weight excluding hydrogens is 362 g/mol. The van der Waals surface area contributed by atoms with Crippen LogP contribution in [0.25, 0.3) is 0 Å². The van der Waals surface area contributed by atoms with Gasteiger partial charge in [0.25, 0.3) is 5.91 Å². The minimum Gasteiger partial charge on any atom is -0.492 e. The monoisotopic (exact) mass is 383 g/mol. The molecule has 6 nitrogen and oxygen atoms in total. The first kappa shape index (κ1) is 17.7. The lowest BCUT2D eigenvalue weighted by Gasteiger charge is -2.17. The van der Waals surface area contributed by atoms with Crippen molar-refractivity contribution in [3.05, 3.63) is 22.4 Å². The Balaban J connectivity index is 2.04. The van der Waals surface area contributed by atoms with Crippen LogP contribution in [-0.4, -0.2) is 29.4 Å². The molecule has 1 aliphatic rings. The highest BCUT2D eigenvalue weighted by Gasteiger charge is 2.24. The van der Waals surface area contributed by atoms with Gasteiger partial charge in [0.15, 0.2) is 0 Å². The van der Waals surface area contributed by atoms with E-state index in [1.165, 1.54) is 19.0 Å². The van der Waals surface area contributed by atoms with E-state index in [9.17, 15) is 9.59 Å². The van der Waals surface area contributed by atoms with Gasteiger partial charge in [-0.05, 0) is 47.0 Å². The molecule has 0 unspecified atom stereocenters. The average Bonchev–Trinajstić information content (AvgIpc) is 3.29. The number of aromatic nitrogens is 1. The summed E-state index contributed by atoms with van der Waals surface area (Å²) in [6.45, 7) is 4.56. The summed E-state index contributed by atoms with van der Waals surface area (Å²) >= 11 is 3.36. The number of ether oxygens (including phenoxy) is 1. The van der Waals surface area contributed by atoms with Crippen LogP contribution in [0.4, 0.5) is 0 Å². The molecule has 0 aliphatic heterocycles. The molecule has 1 saturated carbocycles. The van der Waals surface area contributed by atoms with Gasteiger partial charge in [-0.2, -0.15) is 0 Å². The van der Waals surface area contributed by atoms with Crippen LogP contribution in [0.2, 0.25) is 0 Å². The van der Waals surface area contributed by atoms with Gasteiger partial charge in [0, 0.05) is 12.3 Å². The third-order valence-corrected chi connectivity index (χ3v) is 4.18. The Bertz CT molecular complexity index is 588. The fraction of sp³-hybridized carbons (Fsp3) is 0.562. The fourth-order valence-corrected chi connectivity index (χ4v) is 2.43. The molecule has 0 radical (unpaired) electrons. The highest BCUT2D eigenvalue weighted by molar-refractivity contribution is 9.10. The molecule has 2 rings (SSSR count). The van der Waals surface area contributed by atoms with Gasteiger partial charge >= 0.3 is 0 Å². The zero-order chi connectivity index (χ0) is 17.0. The molecule has 3 N–H and O–H groups in total. The van der Waals surface area contributed by atoms with E-state index >= 15 is 0 Å². The minimum atomic E-state index is -0.705. The molecule has 1 heterocycles. The van der Waals surface area contributed by atoms with E-state index in [1.54, 1.807) is 6.07 Å². The number of amides is 2. The van der Waals surface area contributed by atoms with E-state index in [2.05, 4.69) is 26.2 Å². The zero-order valence-corrected chi connectivity index (χ0v) is 14.9. The standard InChI is InChI=1S/C16H22BrN3O3/c1-9(2)5-12(15(18)21)20-16(22)13-6-14(11(17)7-19-13)23-8-10-3-4-10/h6-7,9-10,12H,3-5,8H2,1-2H3,(H2,18,21)(H,20,22)/t12-/m0/s1. The quantitative estimate of drug-likeness (QED) is 0.719. The fourth-order valence-electron chi connectivity index (χ4n) is 2.10. The number of halogens is 1. The molecule has 1 aromatic heterocycles. The average molecular weight is 384 g/mol. The van der Waals surface area contributed by atoms with Crippen LogP contribution in [0, 0.1) is 11.8 Å². The van der Waals surface area contributed by atoms with Crippen molar-refractivity contribution >= 4 is 27.7 Å². The van der Waals surface area contributed by atoms with Crippen molar-refractivity contribution in [1.82, 2.24) is 10.3 Å². The Morgan fingerprint density at radius 3 is 2.74 bits per heavy atom. The minimum absolute atomic E-state index is 0.203. The molecule has 2 amide bonds. The number of carbonyl (C=O) groups excluding carboxylic acids is 2. The number of rotatable bonds is 8. The summed E-state index contributed by atoms with van der Waals surface area (Å²) in [5.74, 6) is 0.449. The van der Waals surface area contributed by atoms with Crippen LogP contribution in [0.5, 0.6) is 5.75 Å². The lowest BCUT2D eigenvalue weighted by molar-refractivity contribution is -0.120. The van der Waals surface area contributed by atoms with Gasteiger partial charge in [-0.15, -0.1) is 0 Å². The van der Waals surface area contributed by atoms with E-state index in [0.717, 1.165) is 0 Å². The summed E-state index contributed by atoms with van der Waals surface area (Å²) in [5, 5.41) is 2.64. The predicted molar refractivity (Wildman–Crippen MR) is 90.1 cm³/mol. The first-order valence-corrected chi connectivity index (χ1v) is 8.54. The Labute approximate surface area is 144 Å². The van der Waals surface area contributed by atoms with E-state index in [4.69, 9.17) is 10.5 Å². The molecule has 23 heavy (non-hydrogen) atoms. The molecule has 1 atom stereocenters. The summed E-state index contributed by atoms with van der Waals surface area (Å²) in [5.41, 5.74) is 5.55. The zero-order valence-electron chi connectivity index (χ0n) is 13.3. The van der Waals surface area contributed by atoms with Gasteiger partial charge in [-0.25, -0.2) is 4.98 Å². The first-order chi connectivity index (χ1) is 10.9. The normalized spacial score (nSPS) is 15.3. The predicted octanol–water partition coefficient (Wildman–Crippen LogP) is 2.26. The summed E-state index contributed by atoms with van der Waals surface area (Å²) in [6.07, 6.45) is 4.39. The molecule has 0 aromatic carbocycles. The Morgan fingerprint density at radius 2 is 2.17 bits per heavy atom. The largest absolute Gasteiger partial charge is 0.492 e. The van der Waals surface area contributed by atoms with Crippen molar-refractivity contribution in [2.24, 2.45) is 17.6 Å². The maximum absolute atomic E-state index is 12.3. The molecule has 1 fully saturated rings. The number of nitrogens with one attached hydrogen (secondary N) is 1. The smallest absolute Gasteiger partial charge is 0.270 e. The van der Waals surface area contributed by atoms with Crippen molar-refractivity contribution < 1.29 is 14.3 Å². The van der Waals surface area contributed by atoms with Crippen molar-refractivity contribution in [1.29, 1.82) is 0 Å². The van der Waals surface area contributed by atoms with Crippen LogP contribution < -0.4 is 15.8 Å². The van der Waals surface area contributed by atoms with Gasteiger partial charge in [0.1, 0.15) is 17.5 Å². The SMILES string of the molecule is CC(C)C[C@H](NC(=O)c1cc(OCC2CC2)c(Br)cn1)C(N)=O. The number of nitrogens with zero attached hydrogens (tertiary/aromatic N) is 1. The molecular formula is C16H22BrN3O3. The van der Waals surface area contributed by atoms with E-state index < -0.39 is 17.9 Å². The third kappa shape index (κ3) is 5.49. The van der Waals surface area contributed by atoms with Crippen LogP contribution >= 0.6 is 15.9 Å². The van der Waals surface area contributed by atoms with Gasteiger partial charge in [-0.3, -0.25) is 9.59 Å². The highest BCUT2D eigenvalue weighted by atomic mass is 79.9. The number of carbonyl (C=O) groups is 2. The van der Waals surface area contributed by atoms with Gasteiger partial charge in [0.05, 0.1) is 11.1 Å².